The van der Waals surface area contributed by atoms with Crippen molar-refractivity contribution in [2.45, 2.75) is 26.4 Å². The van der Waals surface area contributed by atoms with Crippen molar-refractivity contribution in [3.05, 3.63) is 36.2 Å². The molecule has 1 aromatic carbocycles. The van der Waals surface area contributed by atoms with Crippen LogP contribution in [0, 0.1) is 0 Å². The second-order valence-electron chi connectivity index (χ2n) is 6.65. The summed E-state index contributed by atoms with van der Waals surface area (Å²) in [6, 6.07) is 6.19. The monoisotopic (exact) mass is 299 g/mol. The minimum Gasteiger partial charge on any atom is -0.444 e. The van der Waals surface area contributed by atoms with Crippen LogP contribution < -0.4 is 0 Å². The molecule has 0 saturated heterocycles. The van der Waals surface area contributed by atoms with Crippen LogP contribution in [0.3, 0.4) is 0 Å². The van der Waals surface area contributed by atoms with Gasteiger partial charge in [0.05, 0.1) is 17.4 Å². The lowest BCUT2D eigenvalue weighted by Crippen LogP contribution is -2.35. The topological polar surface area (TPSA) is 47.4 Å². The second kappa shape index (κ2) is 5.16. The number of nitrogens with zero attached hydrogens (tertiary/aromatic N) is 3. The van der Waals surface area contributed by atoms with Gasteiger partial charge in [-0.25, -0.2) is 9.78 Å². The standard InChI is InChI=1S/C17H21N3O2/c1-17(2,3)22-16(21)20-8-7-13(10-20)12-5-6-14-15(9-12)19(4)11-18-14/h5-7,9,11H,8,10H2,1-4H3. The number of rotatable bonds is 1. The molecule has 2 heterocycles. The van der Waals surface area contributed by atoms with Gasteiger partial charge in [-0.2, -0.15) is 0 Å². The number of carbonyl (C=O) groups is 1. The first kappa shape index (κ1) is 14.6. The van der Waals surface area contributed by atoms with Crippen LogP contribution in [-0.2, 0) is 11.8 Å². The molecule has 0 atom stereocenters. The Morgan fingerprint density at radius 2 is 2.09 bits per heavy atom. The minimum atomic E-state index is -0.465. The summed E-state index contributed by atoms with van der Waals surface area (Å²) >= 11 is 0. The Hall–Kier alpha value is -2.30. The van der Waals surface area contributed by atoms with Gasteiger partial charge in [0, 0.05) is 20.1 Å². The molecule has 5 heteroatoms. The van der Waals surface area contributed by atoms with Gasteiger partial charge in [0.1, 0.15) is 5.60 Å². The third-order valence-corrected chi connectivity index (χ3v) is 3.67. The van der Waals surface area contributed by atoms with Crippen molar-refractivity contribution < 1.29 is 9.53 Å². The van der Waals surface area contributed by atoms with Crippen LogP contribution in [0.15, 0.2) is 30.6 Å². The third kappa shape index (κ3) is 2.84. The lowest BCUT2D eigenvalue weighted by Gasteiger charge is -2.24. The van der Waals surface area contributed by atoms with E-state index in [1.54, 1.807) is 4.90 Å². The minimum absolute atomic E-state index is 0.264. The van der Waals surface area contributed by atoms with E-state index in [0.717, 1.165) is 22.2 Å². The molecule has 0 saturated carbocycles. The first-order valence-corrected chi connectivity index (χ1v) is 7.42. The summed E-state index contributed by atoms with van der Waals surface area (Å²) in [5.41, 5.74) is 3.88. The van der Waals surface area contributed by atoms with Gasteiger partial charge in [-0.15, -0.1) is 0 Å². The molecule has 1 aliphatic rings. The average Bonchev–Trinajstić information content (AvgIpc) is 3.04. The predicted molar refractivity (Wildman–Crippen MR) is 86.5 cm³/mol. The molecule has 0 spiro atoms. The molecule has 1 amide bonds. The smallest absolute Gasteiger partial charge is 0.410 e. The highest BCUT2D eigenvalue weighted by Gasteiger charge is 2.25. The van der Waals surface area contributed by atoms with E-state index in [0.29, 0.717) is 13.1 Å². The van der Waals surface area contributed by atoms with Gasteiger partial charge in [-0.05, 0) is 44.0 Å². The van der Waals surface area contributed by atoms with Crippen LogP contribution in [0.2, 0.25) is 0 Å². The quantitative estimate of drug-likeness (QED) is 0.812. The maximum atomic E-state index is 12.1. The first-order valence-electron chi connectivity index (χ1n) is 7.42. The molecule has 0 N–H and O–H groups in total. The van der Waals surface area contributed by atoms with E-state index in [1.807, 2.05) is 44.8 Å². The summed E-state index contributed by atoms with van der Waals surface area (Å²) in [6.45, 7) is 6.81. The maximum Gasteiger partial charge on any atom is 0.410 e. The third-order valence-electron chi connectivity index (χ3n) is 3.67. The molecule has 1 aromatic heterocycles. The fourth-order valence-electron chi connectivity index (χ4n) is 2.56. The number of aromatic nitrogens is 2. The molecule has 0 unspecified atom stereocenters. The molecule has 3 rings (SSSR count). The Morgan fingerprint density at radius 3 is 2.82 bits per heavy atom. The summed E-state index contributed by atoms with van der Waals surface area (Å²) in [4.78, 5) is 18.2. The van der Waals surface area contributed by atoms with Gasteiger partial charge in [0.25, 0.3) is 0 Å². The molecule has 22 heavy (non-hydrogen) atoms. The van der Waals surface area contributed by atoms with Crippen LogP contribution in [-0.4, -0.2) is 39.2 Å². The van der Waals surface area contributed by atoms with Gasteiger partial charge < -0.3 is 14.2 Å². The fourth-order valence-corrected chi connectivity index (χ4v) is 2.56. The second-order valence-corrected chi connectivity index (χ2v) is 6.65. The van der Waals surface area contributed by atoms with Crippen LogP contribution in [0.5, 0.6) is 0 Å². The summed E-state index contributed by atoms with van der Waals surface area (Å²) < 4.78 is 7.42. The van der Waals surface area contributed by atoms with Crippen LogP contribution >= 0.6 is 0 Å². The van der Waals surface area contributed by atoms with E-state index in [2.05, 4.69) is 23.2 Å². The highest BCUT2D eigenvalue weighted by Crippen LogP contribution is 2.25. The number of amides is 1. The number of hydrogen-bond acceptors (Lipinski definition) is 3. The Kier molecular flexibility index (Phi) is 3.43. The molecule has 0 radical (unpaired) electrons. The predicted octanol–water partition coefficient (Wildman–Crippen LogP) is 3.21. The molecular weight excluding hydrogens is 278 g/mol. The lowest BCUT2D eigenvalue weighted by molar-refractivity contribution is 0.0306. The molecule has 1 aliphatic heterocycles. The van der Waals surface area contributed by atoms with E-state index in [4.69, 9.17) is 4.74 Å². The maximum absolute atomic E-state index is 12.1. The van der Waals surface area contributed by atoms with Crippen molar-refractivity contribution in [1.82, 2.24) is 14.5 Å². The number of fused-ring (bicyclic) bond motifs is 1. The van der Waals surface area contributed by atoms with E-state index in [-0.39, 0.29) is 6.09 Å². The first-order chi connectivity index (χ1) is 10.3. The van der Waals surface area contributed by atoms with E-state index in [9.17, 15) is 4.79 Å². The van der Waals surface area contributed by atoms with Gasteiger partial charge in [0.15, 0.2) is 0 Å². The number of hydrogen-bond donors (Lipinski definition) is 0. The Bertz CT molecular complexity index is 753. The molecule has 0 aliphatic carbocycles. The van der Waals surface area contributed by atoms with Crippen LogP contribution in [0.1, 0.15) is 26.3 Å². The highest BCUT2D eigenvalue weighted by atomic mass is 16.6. The Labute approximate surface area is 130 Å². The average molecular weight is 299 g/mol. The number of ether oxygens (including phenoxy) is 1. The van der Waals surface area contributed by atoms with E-state index in [1.165, 1.54) is 0 Å². The van der Waals surface area contributed by atoms with Crippen molar-refractivity contribution in [1.29, 1.82) is 0 Å². The van der Waals surface area contributed by atoms with Gasteiger partial charge in [-0.1, -0.05) is 12.1 Å². The molecule has 5 nitrogen and oxygen atoms in total. The molecule has 0 bridgehead atoms. The SMILES string of the molecule is Cn1cnc2ccc(C3=CCN(C(=O)OC(C)(C)C)C3)cc21. The fraction of sp³-hybridized carbons (Fsp3) is 0.412. The van der Waals surface area contributed by atoms with Gasteiger partial charge in [-0.3, -0.25) is 0 Å². The normalized spacial score (nSPS) is 15.3. The zero-order valence-corrected chi connectivity index (χ0v) is 13.5. The van der Waals surface area contributed by atoms with Crippen molar-refractivity contribution in [3.63, 3.8) is 0 Å². The number of carbonyl (C=O) groups excluding carboxylic acids is 1. The zero-order chi connectivity index (χ0) is 15.9. The van der Waals surface area contributed by atoms with Crippen molar-refractivity contribution in [3.8, 4) is 0 Å². The van der Waals surface area contributed by atoms with Crippen molar-refractivity contribution in [2.24, 2.45) is 7.05 Å². The summed E-state index contributed by atoms with van der Waals surface area (Å²) in [6.07, 6.45) is 3.63. The Balaban J connectivity index is 1.76. The van der Waals surface area contributed by atoms with Gasteiger partial charge in [0.2, 0.25) is 0 Å². The van der Waals surface area contributed by atoms with Gasteiger partial charge >= 0.3 is 6.09 Å². The van der Waals surface area contributed by atoms with E-state index >= 15 is 0 Å². The summed E-state index contributed by atoms with van der Waals surface area (Å²) in [7, 11) is 1.98. The largest absolute Gasteiger partial charge is 0.444 e. The molecule has 0 fully saturated rings. The van der Waals surface area contributed by atoms with Crippen LogP contribution in [0.25, 0.3) is 16.6 Å². The summed E-state index contributed by atoms with van der Waals surface area (Å²) in [5.74, 6) is 0. The van der Waals surface area contributed by atoms with E-state index < -0.39 is 5.60 Å². The molecular formula is C17H21N3O2. The summed E-state index contributed by atoms with van der Waals surface area (Å²) in [5, 5.41) is 0. The number of imidazole rings is 1. The molecule has 116 valence electrons. The highest BCUT2D eigenvalue weighted by molar-refractivity contribution is 5.83. The van der Waals surface area contributed by atoms with Crippen molar-refractivity contribution in [2.75, 3.05) is 13.1 Å². The molecule has 2 aromatic rings. The van der Waals surface area contributed by atoms with Crippen LogP contribution in [0.4, 0.5) is 4.79 Å². The number of aryl methyl sites for hydroxylation is 1. The lowest BCUT2D eigenvalue weighted by atomic mass is 10.1. The number of benzene rings is 1. The van der Waals surface area contributed by atoms with Crippen molar-refractivity contribution >= 4 is 22.7 Å². The zero-order valence-electron chi connectivity index (χ0n) is 13.5. The Morgan fingerprint density at radius 1 is 1.32 bits per heavy atom.